The summed E-state index contributed by atoms with van der Waals surface area (Å²) in [7, 11) is 0. The Hall–Kier alpha value is -1.66. The molecule has 2 unspecified atom stereocenters. The summed E-state index contributed by atoms with van der Waals surface area (Å²) in [6, 6.07) is 0. The van der Waals surface area contributed by atoms with E-state index in [-0.39, 0.29) is 29.8 Å². The van der Waals surface area contributed by atoms with Gasteiger partial charge in [-0.3, -0.25) is 0 Å². The molecule has 0 aliphatic carbocycles. The van der Waals surface area contributed by atoms with Crippen molar-refractivity contribution in [2.24, 2.45) is 5.92 Å². The summed E-state index contributed by atoms with van der Waals surface area (Å²) in [5.74, 6) is -1.79. The molecule has 0 rings (SSSR count). The second-order valence-electron chi connectivity index (χ2n) is 5.00. The molecular weight excluding hydrogens is 288 g/mol. The Morgan fingerprint density at radius 3 is 1.50 bits per heavy atom. The SMILES string of the molecule is C=C(C)C(=O)O.C=C(C)C(=O)O.CCCCC(CO)C(C)O. The summed E-state index contributed by atoms with van der Waals surface area (Å²) in [6.45, 7) is 13.2. The van der Waals surface area contributed by atoms with Gasteiger partial charge in [-0.25, -0.2) is 9.59 Å². The number of unbranched alkanes of at least 4 members (excludes halogenated alkanes) is 1. The zero-order chi connectivity index (χ0) is 18.3. The van der Waals surface area contributed by atoms with Crippen LogP contribution in [0.5, 0.6) is 0 Å². The van der Waals surface area contributed by atoms with E-state index in [2.05, 4.69) is 20.1 Å². The van der Waals surface area contributed by atoms with Gasteiger partial charge in [0.05, 0.1) is 6.10 Å². The van der Waals surface area contributed by atoms with Gasteiger partial charge in [-0.15, -0.1) is 0 Å². The molecule has 0 aromatic carbocycles. The highest BCUT2D eigenvalue weighted by molar-refractivity contribution is 5.85. The van der Waals surface area contributed by atoms with E-state index in [1.807, 2.05) is 0 Å². The zero-order valence-corrected chi connectivity index (χ0v) is 14.0. The molecule has 0 aliphatic heterocycles. The van der Waals surface area contributed by atoms with Gasteiger partial charge in [0.1, 0.15) is 0 Å². The Labute approximate surface area is 132 Å². The van der Waals surface area contributed by atoms with Crippen LogP contribution < -0.4 is 0 Å². The average Bonchev–Trinajstić information content (AvgIpc) is 2.40. The maximum atomic E-state index is 9.60. The lowest BCUT2D eigenvalue weighted by molar-refractivity contribution is -0.133. The largest absolute Gasteiger partial charge is 0.478 e. The molecule has 130 valence electrons. The Morgan fingerprint density at radius 1 is 1.05 bits per heavy atom. The molecule has 0 heterocycles. The van der Waals surface area contributed by atoms with Crippen molar-refractivity contribution in [2.45, 2.75) is 53.1 Å². The van der Waals surface area contributed by atoms with E-state index in [0.29, 0.717) is 0 Å². The van der Waals surface area contributed by atoms with Crippen LogP contribution in [0.1, 0.15) is 47.0 Å². The van der Waals surface area contributed by atoms with Gasteiger partial charge in [0, 0.05) is 23.7 Å². The summed E-state index contributed by atoms with van der Waals surface area (Å²) in [4.78, 5) is 19.2. The monoisotopic (exact) mass is 318 g/mol. The Bertz CT molecular complexity index is 299. The number of hydrogen-bond acceptors (Lipinski definition) is 4. The molecule has 6 heteroatoms. The summed E-state index contributed by atoms with van der Waals surface area (Å²) in [6.07, 6.45) is 2.79. The van der Waals surface area contributed by atoms with Crippen LogP contribution in [0.15, 0.2) is 24.3 Å². The van der Waals surface area contributed by atoms with Crippen LogP contribution in [0.2, 0.25) is 0 Å². The van der Waals surface area contributed by atoms with Gasteiger partial charge in [-0.05, 0) is 27.2 Å². The zero-order valence-electron chi connectivity index (χ0n) is 14.0. The van der Waals surface area contributed by atoms with E-state index in [0.717, 1.165) is 19.3 Å². The van der Waals surface area contributed by atoms with Crippen molar-refractivity contribution in [3.05, 3.63) is 24.3 Å². The smallest absolute Gasteiger partial charge is 0.330 e. The quantitative estimate of drug-likeness (QED) is 0.536. The lowest BCUT2D eigenvalue weighted by atomic mass is 9.98. The standard InChI is InChI=1S/C8H18O2.2C4H6O2/c1-3-4-5-8(6-9)7(2)10;2*1-3(2)4(5)6/h7-10H,3-6H2,1-2H3;2*1H2,2H3,(H,5,6). The minimum absolute atomic E-state index is 0.0833. The van der Waals surface area contributed by atoms with Crippen molar-refractivity contribution >= 4 is 11.9 Å². The van der Waals surface area contributed by atoms with Gasteiger partial charge in [0.15, 0.2) is 0 Å². The van der Waals surface area contributed by atoms with Crippen molar-refractivity contribution < 1.29 is 30.0 Å². The first-order valence-electron chi connectivity index (χ1n) is 7.07. The van der Waals surface area contributed by atoms with Crippen LogP contribution in [0, 0.1) is 5.92 Å². The van der Waals surface area contributed by atoms with Crippen molar-refractivity contribution in [1.29, 1.82) is 0 Å². The Balaban J connectivity index is -0.000000261. The van der Waals surface area contributed by atoms with Crippen LogP contribution in [0.3, 0.4) is 0 Å². The van der Waals surface area contributed by atoms with Crippen molar-refractivity contribution in [3.63, 3.8) is 0 Å². The van der Waals surface area contributed by atoms with E-state index in [9.17, 15) is 9.59 Å². The van der Waals surface area contributed by atoms with Gasteiger partial charge in [-0.2, -0.15) is 0 Å². The molecule has 0 saturated heterocycles. The third-order valence-corrected chi connectivity index (χ3v) is 2.58. The second kappa shape index (κ2) is 15.7. The summed E-state index contributed by atoms with van der Waals surface area (Å²) >= 11 is 0. The number of rotatable bonds is 7. The predicted molar refractivity (Wildman–Crippen MR) is 86.7 cm³/mol. The number of carbonyl (C=O) groups is 2. The van der Waals surface area contributed by atoms with Crippen LogP contribution in [-0.2, 0) is 9.59 Å². The molecule has 0 aromatic rings. The van der Waals surface area contributed by atoms with Crippen LogP contribution in [-0.4, -0.2) is 45.1 Å². The lowest BCUT2D eigenvalue weighted by Gasteiger charge is -2.15. The number of carboxylic acids is 2. The number of aliphatic hydroxyl groups excluding tert-OH is 2. The minimum atomic E-state index is -0.935. The summed E-state index contributed by atoms with van der Waals surface area (Å²) in [5.41, 5.74) is 0.352. The molecule has 0 saturated carbocycles. The maximum absolute atomic E-state index is 9.60. The molecule has 0 radical (unpaired) electrons. The normalized spacial score (nSPS) is 11.7. The molecule has 0 bridgehead atoms. The fraction of sp³-hybridized carbons (Fsp3) is 0.625. The molecule has 0 aliphatic rings. The van der Waals surface area contributed by atoms with Crippen LogP contribution in [0.4, 0.5) is 0 Å². The van der Waals surface area contributed by atoms with E-state index in [4.69, 9.17) is 20.4 Å². The van der Waals surface area contributed by atoms with Crippen LogP contribution in [0.25, 0.3) is 0 Å². The van der Waals surface area contributed by atoms with Gasteiger partial charge < -0.3 is 20.4 Å². The summed E-state index contributed by atoms with van der Waals surface area (Å²) < 4.78 is 0. The fourth-order valence-corrected chi connectivity index (χ4v) is 0.951. The van der Waals surface area contributed by atoms with E-state index in [1.165, 1.54) is 13.8 Å². The molecule has 2 atom stereocenters. The van der Waals surface area contributed by atoms with Gasteiger partial charge in [0.2, 0.25) is 0 Å². The van der Waals surface area contributed by atoms with E-state index >= 15 is 0 Å². The van der Waals surface area contributed by atoms with Crippen molar-refractivity contribution in [1.82, 2.24) is 0 Å². The number of hydrogen-bond donors (Lipinski definition) is 4. The van der Waals surface area contributed by atoms with Crippen molar-refractivity contribution in [2.75, 3.05) is 6.61 Å². The first kappa shape index (κ1) is 25.3. The molecular formula is C16H30O6. The molecule has 0 amide bonds. The van der Waals surface area contributed by atoms with Gasteiger partial charge in [-0.1, -0.05) is 32.9 Å². The second-order valence-corrected chi connectivity index (χ2v) is 5.00. The Kier molecular flexibility index (Phi) is 18.1. The average molecular weight is 318 g/mol. The summed E-state index contributed by atoms with van der Waals surface area (Å²) in [5, 5.41) is 33.6. The van der Waals surface area contributed by atoms with Crippen molar-refractivity contribution in [3.8, 4) is 0 Å². The number of aliphatic hydroxyl groups is 2. The molecule has 22 heavy (non-hydrogen) atoms. The highest BCUT2D eigenvalue weighted by atomic mass is 16.4. The fourth-order valence-electron chi connectivity index (χ4n) is 0.951. The molecule has 0 aromatic heterocycles. The number of aliphatic carboxylic acids is 2. The van der Waals surface area contributed by atoms with Gasteiger partial charge in [0.25, 0.3) is 0 Å². The molecule has 6 nitrogen and oxygen atoms in total. The van der Waals surface area contributed by atoms with E-state index in [1.54, 1.807) is 6.92 Å². The minimum Gasteiger partial charge on any atom is -0.478 e. The first-order valence-corrected chi connectivity index (χ1v) is 7.07. The third kappa shape index (κ3) is 20.7. The Morgan fingerprint density at radius 2 is 1.36 bits per heavy atom. The maximum Gasteiger partial charge on any atom is 0.330 e. The molecule has 0 spiro atoms. The predicted octanol–water partition coefficient (Wildman–Crippen LogP) is 2.46. The van der Waals surface area contributed by atoms with Crippen LogP contribution >= 0.6 is 0 Å². The highest BCUT2D eigenvalue weighted by Crippen LogP contribution is 2.11. The molecule has 0 fully saturated rings. The first-order chi connectivity index (χ1) is 10.0. The lowest BCUT2D eigenvalue weighted by Crippen LogP contribution is -2.20. The number of carboxylic acid groups (broad SMARTS) is 2. The molecule has 4 N–H and O–H groups in total. The highest BCUT2D eigenvalue weighted by Gasteiger charge is 2.11. The topological polar surface area (TPSA) is 115 Å². The van der Waals surface area contributed by atoms with Gasteiger partial charge >= 0.3 is 11.9 Å². The van der Waals surface area contributed by atoms with E-state index < -0.39 is 11.9 Å². The third-order valence-electron chi connectivity index (χ3n) is 2.58.